The van der Waals surface area contributed by atoms with Crippen molar-refractivity contribution < 1.29 is 4.74 Å². The molecule has 1 N–H and O–H groups in total. The van der Waals surface area contributed by atoms with E-state index in [9.17, 15) is 0 Å². The monoisotopic (exact) mass is 282 g/mol. The molecule has 2 rings (SSSR count). The van der Waals surface area contributed by atoms with Gasteiger partial charge in [0.2, 0.25) is 0 Å². The number of ether oxygens (including phenoxy) is 1. The molecule has 118 valence electrons. The van der Waals surface area contributed by atoms with E-state index in [0.717, 1.165) is 44.0 Å². The maximum Gasteiger partial charge on any atom is 0.0700 e. The quantitative estimate of drug-likeness (QED) is 0.811. The first-order valence-corrected chi connectivity index (χ1v) is 8.80. The first-order chi connectivity index (χ1) is 9.72. The molecule has 2 fully saturated rings. The predicted octanol–water partition coefficient (Wildman–Crippen LogP) is 2.90. The molecule has 4 unspecified atom stereocenters. The van der Waals surface area contributed by atoms with Crippen molar-refractivity contribution in [2.75, 3.05) is 32.8 Å². The summed E-state index contributed by atoms with van der Waals surface area (Å²) in [7, 11) is 0. The molecule has 0 spiro atoms. The van der Waals surface area contributed by atoms with Crippen LogP contribution in [0.1, 0.15) is 52.9 Å². The normalized spacial score (nSPS) is 36.1. The summed E-state index contributed by atoms with van der Waals surface area (Å²) in [6, 6.07) is 0.745. The summed E-state index contributed by atoms with van der Waals surface area (Å²) < 4.78 is 5.80. The third-order valence-corrected chi connectivity index (χ3v) is 5.07. The zero-order valence-corrected chi connectivity index (χ0v) is 13.7. The standard InChI is InChI=1S/C17H34N2O/c1-4-8-18-17-7-6-14(3)11-15(17)12-19-9-10-20-16(5-2)13-19/h14-18H,4-13H2,1-3H3. The zero-order valence-electron chi connectivity index (χ0n) is 13.7. The molecule has 4 atom stereocenters. The highest BCUT2D eigenvalue weighted by atomic mass is 16.5. The fraction of sp³-hybridized carbons (Fsp3) is 1.00. The van der Waals surface area contributed by atoms with Crippen LogP contribution in [0.3, 0.4) is 0 Å². The number of nitrogens with zero attached hydrogens (tertiary/aromatic N) is 1. The molecule has 1 aliphatic carbocycles. The Hall–Kier alpha value is -0.120. The van der Waals surface area contributed by atoms with Crippen LogP contribution in [0, 0.1) is 11.8 Å². The van der Waals surface area contributed by atoms with Crippen LogP contribution in [0.5, 0.6) is 0 Å². The summed E-state index contributed by atoms with van der Waals surface area (Å²) in [4.78, 5) is 2.65. The predicted molar refractivity (Wildman–Crippen MR) is 85.1 cm³/mol. The Labute approximate surface area is 125 Å². The number of rotatable bonds is 6. The second-order valence-corrected chi connectivity index (χ2v) is 6.90. The highest BCUT2D eigenvalue weighted by Crippen LogP contribution is 2.30. The molecule has 0 bridgehead atoms. The molecule has 2 aliphatic rings. The number of hydrogen-bond donors (Lipinski definition) is 1. The smallest absolute Gasteiger partial charge is 0.0700 e. The van der Waals surface area contributed by atoms with Crippen LogP contribution in [0.15, 0.2) is 0 Å². The second-order valence-electron chi connectivity index (χ2n) is 6.90. The van der Waals surface area contributed by atoms with Crippen LogP contribution in [0.25, 0.3) is 0 Å². The molecule has 1 saturated carbocycles. The summed E-state index contributed by atoms with van der Waals surface area (Å²) >= 11 is 0. The van der Waals surface area contributed by atoms with Crippen molar-refractivity contribution in [2.24, 2.45) is 11.8 Å². The molecular weight excluding hydrogens is 248 g/mol. The van der Waals surface area contributed by atoms with E-state index in [4.69, 9.17) is 4.74 Å². The summed E-state index contributed by atoms with van der Waals surface area (Å²) in [5, 5.41) is 3.80. The van der Waals surface area contributed by atoms with E-state index in [0.29, 0.717) is 6.10 Å². The largest absolute Gasteiger partial charge is 0.376 e. The minimum absolute atomic E-state index is 0.465. The van der Waals surface area contributed by atoms with Crippen LogP contribution in [0.4, 0.5) is 0 Å². The van der Waals surface area contributed by atoms with Gasteiger partial charge in [-0.2, -0.15) is 0 Å². The van der Waals surface area contributed by atoms with Gasteiger partial charge in [-0.3, -0.25) is 4.90 Å². The zero-order chi connectivity index (χ0) is 14.4. The highest BCUT2D eigenvalue weighted by molar-refractivity contribution is 4.86. The molecule has 0 aromatic rings. The van der Waals surface area contributed by atoms with Crippen molar-refractivity contribution >= 4 is 0 Å². The van der Waals surface area contributed by atoms with E-state index >= 15 is 0 Å². The minimum Gasteiger partial charge on any atom is -0.376 e. The van der Waals surface area contributed by atoms with Crippen molar-refractivity contribution in [1.82, 2.24) is 10.2 Å². The third kappa shape index (κ3) is 4.71. The molecule has 1 aliphatic heterocycles. The fourth-order valence-electron chi connectivity index (χ4n) is 3.82. The van der Waals surface area contributed by atoms with Gasteiger partial charge in [-0.1, -0.05) is 20.8 Å². The van der Waals surface area contributed by atoms with Crippen molar-refractivity contribution in [3.63, 3.8) is 0 Å². The molecule has 20 heavy (non-hydrogen) atoms. The van der Waals surface area contributed by atoms with Gasteiger partial charge in [0.25, 0.3) is 0 Å². The van der Waals surface area contributed by atoms with Gasteiger partial charge in [-0.15, -0.1) is 0 Å². The molecule has 1 heterocycles. The van der Waals surface area contributed by atoms with Gasteiger partial charge in [0.05, 0.1) is 12.7 Å². The maximum atomic E-state index is 5.80. The van der Waals surface area contributed by atoms with Gasteiger partial charge in [0.15, 0.2) is 0 Å². The molecule has 0 aromatic carbocycles. The average Bonchev–Trinajstić information content (AvgIpc) is 2.47. The lowest BCUT2D eigenvalue weighted by Crippen LogP contribution is -2.50. The maximum absolute atomic E-state index is 5.80. The molecule has 0 aromatic heterocycles. The van der Waals surface area contributed by atoms with Crippen molar-refractivity contribution in [1.29, 1.82) is 0 Å². The highest BCUT2D eigenvalue weighted by Gasteiger charge is 2.31. The van der Waals surface area contributed by atoms with Crippen molar-refractivity contribution in [3.05, 3.63) is 0 Å². The Balaban J connectivity index is 1.86. The Morgan fingerprint density at radius 2 is 2.10 bits per heavy atom. The Morgan fingerprint density at radius 1 is 1.25 bits per heavy atom. The van der Waals surface area contributed by atoms with Crippen molar-refractivity contribution in [3.8, 4) is 0 Å². The average molecular weight is 282 g/mol. The third-order valence-electron chi connectivity index (χ3n) is 5.07. The summed E-state index contributed by atoms with van der Waals surface area (Å²) in [5.74, 6) is 1.74. The van der Waals surface area contributed by atoms with E-state index in [-0.39, 0.29) is 0 Å². The van der Waals surface area contributed by atoms with Crippen LogP contribution < -0.4 is 5.32 Å². The molecular formula is C17H34N2O. The van der Waals surface area contributed by atoms with E-state index in [1.54, 1.807) is 0 Å². The van der Waals surface area contributed by atoms with Crippen molar-refractivity contribution in [2.45, 2.75) is 65.0 Å². The van der Waals surface area contributed by atoms with E-state index in [2.05, 4.69) is 31.0 Å². The molecule has 0 radical (unpaired) electrons. The first kappa shape index (κ1) is 16.3. The van der Waals surface area contributed by atoms with E-state index in [1.807, 2.05) is 0 Å². The summed E-state index contributed by atoms with van der Waals surface area (Å²) in [6.45, 7) is 12.6. The van der Waals surface area contributed by atoms with Crippen LogP contribution in [-0.2, 0) is 4.74 Å². The lowest BCUT2D eigenvalue weighted by atomic mass is 9.78. The lowest BCUT2D eigenvalue weighted by Gasteiger charge is -2.41. The topological polar surface area (TPSA) is 24.5 Å². The summed E-state index contributed by atoms with van der Waals surface area (Å²) in [6.07, 6.45) is 7.02. The van der Waals surface area contributed by atoms with Gasteiger partial charge in [-0.05, 0) is 50.5 Å². The summed E-state index contributed by atoms with van der Waals surface area (Å²) in [5.41, 5.74) is 0. The molecule has 1 saturated heterocycles. The van der Waals surface area contributed by atoms with Gasteiger partial charge in [0.1, 0.15) is 0 Å². The number of hydrogen-bond acceptors (Lipinski definition) is 3. The van der Waals surface area contributed by atoms with E-state index in [1.165, 1.54) is 38.8 Å². The minimum atomic E-state index is 0.465. The first-order valence-electron chi connectivity index (χ1n) is 8.80. The molecule has 3 heteroatoms. The molecule has 3 nitrogen and oxygen atoms in total. The van der Waals surface area contributed by atoms with Gasteiger partial charge < -0.3 is 10.1 Å². The Morgan fingerprint density at radius 3 is 2.85 bits per heavy atom. The van der Waals surface area contributed by atoms with Crippen LogP contribution in [0.2, 0.25) is 0 Å². The molecule has 0 amide bonds. The fourth-order valence-corrected chi connectivity index (χ4v) is 3.82. The lowest BCUT2D eigenvalue weighted by molar-refractivity contribution is -0.0381. The van der Waals surface area contributed by atoms with Gasteiger partial charge >= 0.3 is 0 Å². The van der Waals surface area contributed by atoms with E-state index < -0.39 is 0 Å². The Bertz CT molecular complexity index is 270. The second kappa shape index (κ2) is 8.35. The van der Waals surface area contributed by atoms with Crippen LogP contribution >= 0.6 is 0 Å². The number of morpholine rings is 1. The number of nitrogens with one attached hydrogen (secondary N) is 1. The Kier molecular flexibility index (Phi) is 6.79. The van der Waals surface area contributed by atoms with Gasteiger partial charge in [-0.25, -0.2) is 0 Å². The van der Waals surface area contributed by atoms with Gasteiger partial charge in [0, 0.05) is 25.7 Å². The van der Waals surface area contributed by atoms with Crippen LogP contribution in [-0.4, -0.2) is 49.8 Å². The SMILES string of the molecule is CCCNC1CCC(C)CC1CN1CCOC(CC)C1.